The summed E-state index contributed by atoms with van der Waals surface area (Å²) in [5, 5.41) is 11.8. The van der Waals surface area contributed by atoms with Crippen molar-refractivity contribution in [1.82, 2.24) is 0 Å². The number of rotatable bonds is 3. The van der Waals surface area contributed by atoms with Crippen LogP contribution in [0.5, 0.6) is 0 Å². The second-order valence-corrected chi connectivity index (χ2v) is 5.35. The van der Waals surface area contributed by atoms with E-state index < -0.39 is 6.10 Å². The summed E-state index contributed by atoms with van der Waals surface area (Å²) in [6.07, 6.45) is -0.491. The smallest absolute Gasteiger partial charge is 0.112 e. The summed E-state index contributed by atoms with van der Waals surface area (Å²) in [7, 11) is 0. The van der Waals surface area contributed by atoms with Crippen molar-refractivity contribution in [2.75, 3.05) is 6.61 Å². The zero-order chi connectivity index (χ0) is 10.8. The Labute approximate surface area is 89.5 Å². The maximum absolute atomic E-state index is 9.84. The Balaban J connectivity index is 2.51. The van der Waals surface area contributed by atoms with Crippen molar-refractivity contribution >= 4 is 11.3 Å². The summed E-state index contributed by atoms with van der Waals surface area (Å²) in [5.74, 6) is 0. The van der Waals surface area contributed by atoms with Gasteiger partial charge in [-0.05, 0) is 44.7 Å². The minimum atomic E-state index is -0.491. The Morgan fingerprint density at radius 3 is 2.57 bits per heavy atom. The van der Waals surface area contributed by atoms with Crippen LogP contribution in [0.15, 0.2) is 11.4 Å². The third-order valence-corrected chi connectivity index (χ3v) is 3.00. The van der Waals surface area contributed by atoms with Crippen molar-refractivity contribution in [3.05, 3.63) is 21.9 Å². The topological polar surface area (TPSA) is 29.5 Å². The summed E-state index contributed by atoms with van der Waals surface area (Å²) in [5.41, 5.74) is 0.951. The monoisotopic (exact) mass is 214 g/mol. The first-order valence-corrected chi connectivity index (χ1v) is 5.64. The molecule has 0 aliphatic carbocycles. The Morgan fingerprint density at radius 2 is 2.14 bits per heavy atom. The van der Waals surface area contributed by atoms with Crippen LogP contribution < -0.4 is 0 Å². The largest absolute Gasteiger partial charge is 0.385 e. The molecule has 0 radical (unpaired) electrons. The second kappa shape index (κ2) is 4.43. The van der Waals surface area contributed by atoms with E-state index in [0.29, 0.717) is 6.61 Å². The van der Waals surface area contributed by atoms with Gasteiger partial charge >= 0.3 is 0 Å². The highest BCUT2D eigenvalue weighted by Gasteiger charge is 2.16. The summed E-state index contributed by atoms with van der Waals surface area (Å²) in [6, 6.07) is 2.01. The van der Waals surface area contributed by atoms with Crippen LogP contribution in [-0.2, 0) is 4.74 Å². The zero-order valence-electron chi connectivity index (χ0n) is 9.20. The molecule has 1 rings (SSSR count). The number of ether oxygens (including phenoxy) is 1. The molecule has 0 saturated heterocycles. The highest BCUT2D eigenvalue weighted by atomic mass is 32.1. The molecule has 0 aliphatic heterocycles. The van der Waals surface area contributed by atoms with E-state index in [0.717, 1.165) is 10.4 Å². The Morgan fingerprint density at radius 1 is 1.50 bits per heavy atom. The molecule has 0 spiro atoms. The molecular weight excluding hydrogens is 196 g/mol. The summed E-state index contributed by atoms with van der Waals surface area (Å²) >= 11 is 1.58. The van der Waals surface area contributed by atoms with Crippen molar-refractivity contribution in [1.29, 1.82) is 0 Å². The normalized spacial score (nSPS) is 14.4. The predicted octanol–water partition coefficient (Wildman–Crippen LogP) is 2.91. The molecule has 1 unspecified atom stereocenters. The van der Waals surface area contributed by atoms with Crippen LogP contribution in [-0.4, -0.2) is 17.3 Å². The number of hydrogen-bond donors (Lipinski definition) is 1. The third-order valence-electron chi connectivity index (χ3n) is 1.88. The molecule has 0 bridgehead atoms. The molecule has 1 N–H and O–H groups in total. The first-order valence-electron chi connectivity index (χ1n) is 4.76. The molecule has 1 atom stereocenters. The SMILES string of the molecule is Cc1ccsc1C(O)COC(C)(C)C. The molecule has 1 heterocycles. The van der Waals surface area contributed by atoms with Crippen molar-refractivity contribution < 1.29 is 9.84 Å². The molecule has 0 aliphatic rings. The lowest BCUT2D eigenvalue weighted by Crippen LogP contribution is -2.22. The summed E-state index contributed by atoms with van der Waals surface area (Å²) in [6.45, 7) is 8.33. The molecular formula is C11H18O2S. The molecule has 1 aromatic heterocycles. The Bertz CT molecular complexity index is 286. The van der Waals surface area contributed by atoms with E-state index in [2.05, 4.69) is 0 Å². The number of hydrogen-bond acceptors (Lipinski definition) is 3. The quantitative estimate of drug-likeness (QED) is 0.838. The molecule has 1 aromatic rings. The van der Waals surface area contributed by atoms with E-state index in [9.17, 15) is 5.11 Å². The molecule has 2 nitrogen and oxygen atoms in total. The van der Waals surface area contributed by atoms with Crippen LogP contribution in [0.25, 0.3) is 0 Å². The van der Waals surface area contributed by atoms with Crippen LogP contribution in [0.2, 0.25) is 0 Å². The average molecular weight is 214 g/mol. The standard InChI is InChI=1S/C11H18O2S/c1-8-5-6-14-10(8)9(12)7-13-11(2,3)4/h5-6,9,12H,7H2,1-4H3. The van der Waals surface area contributed by atoms with Crippen LogP contribution >= 0.6 is 11.3 Å². The zero-order valence-corrected chi connectivity index (χ0v) is 10.0. The van der Waals surface area contributed by atoms with Gasteiger partial charge in [0, 0.05) is 4.88 Å². The van der Waals surface area contributed by atoms with Gasteiger partial charge in [0.05, 0.1) is 12.2 Å². The maximum Gasteiger partial charge on any atom is 0.112 e. The molecule has 0 fully saturated rings. The highest BCUT2D eigenvalue weighted by molar-refractivity contribution is 7.10. The Hall–Kier alpha value is -0.380. The Kier molecular flexibility index (Phi) is 3.70. The fraction of sp³-hybridized carbons (Fsp3) is 0.636. The van der Waals surface area contributed by atoms with Crippen molar-refractivity contribution in [3.8, 4) is 0 Å². The first kappa shape index (κ1) is 11.7. The second-order valence-electron chi connectivity index (χ2n) is 4.41. The van der Waals surface area contributed by atoms with E-state index in [1.54, 1.807) is 11.3 Å². The van der Waals surface area contributed by atoms with Crippen LogP contribution in [0.3, 0.4) is 0 Å². The van der Waals surface area contributed by atoms with Gasteiger partial charge in [-0.1, -0.05) is 0 Å². The van der Waals surface area contributed by atoms with Gasteiger partial charge < -0.3 is 9.84 Å². The van der Waals surface area contributed by atoms with Gasteiger partial charge in [-0.3, -0.25) is 0 Å². The minimum Gasteiger partial charge on any atom is -0.385 e. The molecule has 0 amide bonds. The molecule has 80 valence electrons. The van der Waals surface area contributed by atoms with E-state index in [4.69, 9.17) is 4.74 Å². The lowest BCUT2D eigenvalue weighted by atomic mass is 10.2. The van der Waals surface area contributed by atoms with Gasteiger partial charge in [0.2, 0.25) is 0 Å². The lowest BCUT2D eigenvalue weighted by molar-refractivity contribution is -0.0488. The van der Waals surface area contributed by atoms with Crippen LogP contribution in [0.4, 0.5) is 0 Å². The fourth-order valence-corrected chi connectivity index (χ4v) is 2.03. The highest BCUT2D eigenvalue weighted by Crippen LogP contribution is 2.25. The predicted molar refractivity (Wildman–Crippen MR) is 59.7 cm³/mol. The van der Waals surface area contributed by atoms with Gasteiger partial charge in [-0.2, -0.15) is 0 Å². The van der Waals surface area contributed by atoms with Gasteiger partial charge in [0.15, 0.2) is 0 Å². The van der Waals surface area contributed by atoms with Gasteiger partial charge in [-0.15, -0.1) is 11.3 Å². The van der Waals surface area contributed by atoms with Crippen molar-refractivity contribution in [2.24, 2.45) is 0 Å². The summed E-state index contributed by atoms with van der Waals surface area (Å²) < 4.78 is 5.53. The first-order chi connectivity index (χ1) is 6.40. The minimum absolute atomic E-state index is 0.188. The molecule has 0 aromatic carbocycles. The van der Waals surface area contributed by atoms with E-state index >= 15 is 0 Å². The van der Waals surface area contributed by atoms with E-state index in [1.807, 2.05) is 39.1 Å². The molecule has 3 heteroatoms. The number of thiophene rings is 1. The lowest BCUT2D eigenvalue weighted by Gasteiger charge is -2.21. The van der Waals surface area contributed by atoms with E-state index in [-0.39, 0.29) is 5.60 Å². The number of aliphatic hydroxyl groups is 1. The van der Waals surface area contributed by atoms with Crippen molar-refractivity contribution in [2.45, 2.75) is 39.4 Å². The molecule has 14 heavy (non-hydrogen) atoms. The maximum atomic E-state index is 9.84. The number of aliphatic hydroxyl groups excluding tert-OH is 1. The van der Waals surface area contributed by atoms with E-state index in [1.165, 1.54) is 0 Å². The van der Waals surface area contributed by atoms with Crippen LogP contribution in [0, 0.1) is 6.92 Å². The third kappa shape index (κ3) is 3.40. The van der Waals surface area contributed by atoms with Gasteiger partial charge in [0.25, 0.3) is 0 Å². The number of aryl methyl sites for hydroxylation is 1. The summed E-state index contributed by atoms with van der Waals surface area (Å²) in [4.78, 5) is 1.01. The molecule has 0 saturated carbocycles. The van der Waals surface area contributed by atoms with Gasteiger partial charge in [0.1, 0.15) is 6.10 Å². The van der Waals surface area contributed by atoms with Crippen molar-refractivity contribution in [3.63, 3.8) is 0 Å². The fourth-order valence-electron chi connectivity index (χ4n) is 1.13. The van der Waals surface area contributed by atoms with Gasteiger partial charge in [-0.25, -0.2) is 0 Å². The average Bonchev–Trinajstić information content (AvgIpc) is 2.46. The van der Waals surface area contributed by atoms with Crippen LogP contribution in [0.1, 0.15) is 37.3 Å².